The molecule has 3 aromatic rings. The summed E-state index contributed by atoms with van der Waals surface area (Å²) in [5.74, 6) is -0.296. The monoisotopic (exact) mass is 396 g/mol. The molecular weight excluding hydrogens is 376 g/mol. The molecule has 0 saturated carbocycles. The van der Waals surface area contributed by atoms with Crippen molar-refractivity contribution in [3.63, 3.8) is 0 Å². The van der Waals surface area contributed by atoms with Crippen molar-refractivity contribution in [2.24, 2.45) is 0 Å². The Hall–Kier alpha value is -2.77. The van der Waals surface area contributed by atoms with E-state index in [-0.39, 0.29) is 11.9 Å². The third kappa shape index (κ3) is 4.21. The fraction of sp³-hybridized carbons (Fsp3) is 0.300. The summed E-state index contributed by atoms with van der Waals surface area (Å²) < 4.78 is 1.80. The second kappa shape index (κ2) is 8.50. The molecule has 1 amide bonds. The highest BCUT2D eigenvalue weighted by Gasteiger charge is 2.23. The predicted octanol–water partition coefficient (Wildman–Crippen LogP) is 2.77. The van der Waals surface area contributed by atoms with E-state index in [2.05, 4.69) is 25.9 Å². The first-order valence-corrected chi connectivity index (χ1v) is 9.68. The number of hydrogen-bond acceptors (Lipinski definition) is 5. The van der Waals surface area contributed by atoms with Crippen LogP contribution in [0.5, 0.6) is 0 Å². The van der Waals surface area contributed by atoms with E-state index in [9.17, 15) is 4.79 Å². The van der Waals surface area contributed by atoms with Gasteiger partial charge in [-0.05, 0) is 55.8 Å². The number of amides is 1. The van der Waals surface area contributed by atoms with Gasteiger partial charge in [0.15, 0.2) is 5.69 Å². The Morgan fingerprint density at radius 3 is 2.82 bits per heavy atom. The highest BCUT2D eigenvalue weighted by atomic mass is 35.5. The minimum absolute atomic E-state index is 0.273. The van der Waals surface area contributed by atoms with Gasteiger partial charge in [0.2, 0.25) is 0 Å². The molecular formula is C20H21ClN6O. The summed E-state index contributed by atoms with van der Waals surface area (Å²) in [5, 5.41) is 15.2. The summed E-state index contributed by atoms with van der Waals surface area (Å²) in [6.45, 7) is 1.89. The van der Waals surface area contributed by atoms with E-state index in [1.807, 2.05) is 36.4 Å². The van der Waals surface area contributed by atoms with Gasteiger partial charge < -0.3 is 10.6 Å². The van der Waals surface area contributed by atoms with Gasteiger partial charge in [-0.3, -0.25) is 9.78 Å². The van der Waals surface area contributed by atoms with Gasteiger partial charge in [0, 0.05) is 11.2 Å². The summed E-state index contributed by atoms with van der Waals surface area (Å²) in [7, 11) is 0. The Bertz CT molecular complexity index is 939. The van der Waals surface area contributed by atoms with Gasteiger partial charge in [0.25, 0.3) is 5.91 Å². The van der Waals surface area contributed by atoms with Crippen LogP contribution in [0.4, 0.5) is 0 Å². The molecule has 144 valence electrons. The Morgan fingerprint density at radius 2 is 2.07 bits per heavy atom. The summed E-state index contributed by atoms with van der Waals surface area (Å²) in [6.07, 6.45) is 5.37. The van der Waals surface area contributed by atoms with E-state index in [0.717, 1.165) is 37.2 Å². The quantitative estimate of drug-likeness (QED) is 0.692. The number of piperidine rings is 1. The maximum atomic E-state index is 12.9. The molecule has 1 saturated heterocycles. The molecule has 1 aliphatic rings. The largest absolute Gasteiger partial charge is 0.338 e. The number of carbonyl (C=O) groups excluding carboxylic acids is 1. The Morgan fingerprint density at radius 1 is 1.21 bits per heavy atom. The molecule has 0 aliphatic carbocycles. The second-order valence-corrected chi connectivity index (χ2v) is 7.22. The van der Waals surface area contributed by atoms with Crippen molar-refractivity contribution in [2.75, 3.05) is 13.1 Å². The second-order valence-electron chi connectivity index (χ2n) is 6.78. The standard InChI is InChI=1S/C20H21ClN6O/c21-15-5-3-4-14(12-15)19(17-6-1-2-9-23-17)24-20(28)18-13-27(26-25-18)16-7-10-22-11-8-16/h1-6,9,12-13,16,19,22H,7-8,10-11H2,(H,24,28). The van der Waals surface area contributed by atoms with E-state index < -0.39 is 6.04 Å². The third-order valence-electron chi connectivity index (χ3n) is 4.87. The van der Waals surface area contributed by atoms with Gasteiger partial charge in [0.05, 0.1) is 24.0 Å². The van der Waals surface area contributed by atoms with E-state index in [4.69, 9.17) is 11.6 Å². The fourth-order valence-corrected chi connectivity index (χ4v) is 3.60. The minimum atomic E-state index is -0.434. The molecule has 7 nitrogen and oxygen atoms in total. The van der Waals surface area contributed by atoms with Crippen LogP contribution < -0.4 is 10.6 Å². The summed E-state index contributed by atoms with van der Waals surface area (Å²) in [4.78, 5) is 17.3. The zero-order valence-corrected chi connectivity index (χ0v) is 16.0. The molecule has 28 heavy (non-hydrogen) atoms. The van der Waals surface area contributed by atoms with E-state index in [1.165, 1.54) is 0 Å². The Kier molecular flexibility index (Phi) is 5.64. The van der Waals surface area contributed by atoms with Crippen molar-refractivity contribution < 1.29 is 4.79 Å². The number of hydrogen-bond donors (Lipinski definition) is 2. The molecule has 4 rings (SSSR count). The smallest absolute Gasteiger partial charge is 0.274 e. The lowest BCUT2D eigenvalue weighted by Crippen LogP contribution is -2.30. The number of aromatic nitrogens is 4. The van der Waals surface area contributed by atoms with Gasteiger partial charge in [-0.2, -0.15) is 0 Å². The molecule has 1 aromatic carbocycles. The highest BCUT2D eigenvalue weighted by molar-refractivity contribution is 6.30. The van der Waals surface area contributed by atoms with Crippen LogP contribution in [0.1, 0.15) is 46.7 Å². The number of rotatable bonds is 5. The molecule has 2 N–H and O–H groups in total. The van der Waals surface area contributed by atoms with Crippen molar-refractivity contribution >= 4 is 17.5 Å². The number of pyridine rings is 1. The van der Waals surface area contributed by atoms with Crippen molar-refractivity contribution in [3.8, 4) is 0 Å². The molecule has 8 heteroatoms. The average Bonchev–Trinajstić information content (AvgIpc) is 3.24. The fourth-order valence-electron chi connectivity index (χ4n) is 3.40. The first kappa shape index (κ1) is 18.6. The van der Waals surface area contributed by atoms with Crippen LogP contribution in [-0.4, -0.2) is 39.0 Å². The molecule has 1 aliphatic heterocycles. The molecule has 1 unspecified atom stereocenters. The number of benzene rings is 1. The zero-order chi connectivity index (χ0) is 19.3. The maximum Gasteiger partial charge on any atom is 0.274 e. The molecule has 2 aromatic heterocycles. The summed E-state index contributed by atoms with van der Waals surface area (Å²) in [6, 6.07) is 12.8. The van der Waals surface area contributed by atoms with Crippen LogP contribution in [0.15, 0.2) is 54.9 Å². The van der Waals surface area contributed by atoms with E-state index >= 15 is 0 Å². The van der Waals surface area contributed by atoms with Gasteiger partial charge in [-0.1, -0.05) is 35.0 Å². The lowest BCUT2D eigenvalue weighted by molar-refractivity contribution is 0.0937. The minimum Gasteiger partial charge on any atom is -0.338 e. The van der Waals surface area contributed by atoms with Crippen LogP contribution in [-0.2, 0) is 0 Å². The molecule has 0 spiro atoms. The van der Waals surface area contributed by atoms with Crippen LogP contribution in [0.25, 0.3) is 0 Å². The third-order valence-corrected chi connectivity index (χ3v) is 5.10. The predicted molar refractivity (Wildman–Crippen MR) is 106 cm³/mol. The lowest BCUT2D eigenvalue weighted by atomic mass is 10.0. The molecule has 0 radical (unpaired) electrons. The SMILES string of the molecule is O=C(NC(c1cccc(Cl)c1)c1ccccn1)c1cn(C2CCNCC2)nn1. The average molecular weight is 397 g/mol. The van der Waals surface area contributed by atoms with E-state index in [1.54, 1.807) is 23.1 Å². The molecule has 0 bridgehead atoms. The van der Waals surface area contributed by atoms with Crippen molar-refractivity contribution in [3.05, 3.63) is 76.8 Å². The zero-order valence-electron chi connectivity index (χ0n) is 15.3. The van der Waals surface area contributed by atoms with Gasteiger partial charge in [-0.15, -0.1) is 5.10 Å². The van der Waals surface area contributed by atoms with Crippen LogP contribution in [0.2, 0.25) is 5.02 Å². The van der Waals surface area contributed by atoms with E-state index in [0.29, 0.717) is 10.7 Å². The Balaban J connectivity index is 1.56. The van der Waals surface area contributed by atoms with Gasteiger partial charge in [0.1, 0.15) is 0 Å². The first-order chi connectivity index (χ1) is 13.7. The van der Waals surface area contributed by atoms with Crippen LogP contribution in [0.3, 0.4) is 0 Å². The summed E-state index contributed by atoms with van der Waals surface area (Å²) >= 11 is 6.16. The first-order valence-electron chi connectivity index (χ1n) is 9.30. The number of nitrogens with one attached hydrogen (secondary N) is 2. The topological polar surface area (TPSA) is 84.7 Å². The normalized spacial score (nSPS) is 15.9. The number of carbonyl (C=O) groups is 1. The van der Waals surface area contributed by atoms with Crippen molar-refractivity contribution in [1.29, 1.82) is 0 Å². The maximum absolute atomic E-state index is 12.9. The molecule has 1 fully saturated rings. The van der Waals surface area contributed by atoms with Crippen LogP contribution in [0, 0.1) is 0 Å². The van der Waals surface area contributed by atoms with Gasteiger partial charge >= 0.3 is 0 Å². The molecule has 3 heterocycles. The van der Waals surface area contributed by atoms with Gasteiger partial charge in [-0.25, -0.2) is 4.68 Å². The molecule has 1 atom stereocenters. The lowest BCUT2D eigenvalue weighted by Gasteiger charge is -2.22. The summed E-state index contributed by atoms with van der Waals surface area (Å²) in [5.41, 5.74) is 1.87. The van der Waals surface area contributed by atoms with Crippen LogP contribution >= 0.6 is 11.6 Å². The number of nitrogens with zero attached hydrogens (tertiary/aromatic N) is 4. The van der Waals surface area contributed by atoms with Crippen molar-refractivity contribution in [1.82, 2.24) is 30.6 Å². The number of halogens is 1. The Labute approximate surface area is 168 Å². The highest BCUT2D eigenvalue weighted by Crippen LogP contribution is 2.24. The van der Waals surface area contributed by atoms with Crippen molar-refractivity contribution in [2.45, 2.75) is 24.9 Å².